The molecule has 0 aliphatic rings. The van der Waals surface area contributed by atoms with E-state index in [0.717, 1.165) is 0 Å². The maximum absolute atomic E-state index is 12.7. The Hall–Kier alpha value is -2.66. The van der Waals surface area contributed by atoms with E-state index in [0.29, 0.717) is 21.6 Å². The van der Waals surface area contributed by atoms with Crippen LogP contribution in [0.1, 0.15) is 10.5 Å². The van der Waals surface area contributed by atoms with Crippen LogP contribution < -0.4 is 10.3 Å². The molecule has 6 heteroatoms. The molecule has 1 heterocycles. The van der Waals surface area contributed by atoms with Crippen molar-refractivity contribution in [3.8, 4) is 0 Å². The van der Waals surface area contributed by atoms with Gasteiger partial charge in [-0.3, -0.25) is 14.3 Å². The molecule has 0 radical (unpaired) electrons. The van der Waals surface area contributed by atoms with Crippen molar-refractivity contribution in [1.82, 2.24) is 9.78 Å². The molecular formula is C17H14ClN3O2. The Labute approximate surface area is 137 Å². The zero-order chi connectivity index (χ0) is 16.6. The molecule has 0 atom stereocenters. The molecule has 5 nitrogen and oxygen atoms in total. The van der Waals surface area contributed by atoms with Crippen molar-refractivity contribution in [2.45, 2.75) is 0 Å². The van der Waals surface area contributed by atoms with Crippen LogP contribution in [0.3, 0.4) is 0 Å². The van der Waals surface area contributed by atoms with Crippen LogP contribution in [0, 0.1) is 0 Å². The Morgan fingerprint density at radius 3 is 2.57 bits per heavy atom. The molecule has 3 rings (SSSR count). The van der Waals surface area contributed by atoms with E-state index in [-0.39, 0.29) is 5.69 Å². The molecule has 0 fully saturated rings. The largest absolute Gasteiger partial charge is 0.310 e. The quantitative estimate of drug-likeness (QED) is 0.727. The van der Waals surface area contributed by atoms with Gasteiger partial charge >= 0.3 is 0 Å². The molecule has 0 N–H and O–H groups in total. The van der Waals surface area contributed by atoms with Gasteiger partial charge in [-0.05, 0) is 30.3 Å². The molecule has 2 aromatic carbocycles. The fraction of sp³-hybridized carbons (Fsp3) is 0.118. The fourth-order valence-corrected chi connectivity index (χ4v) is 2.59. The number of carbonyl (C=O) groups excluding carboxylic acids is 1. The first-order chi connectivity index (χ1) is 11.0. The normalized spacial score (nSPS) is 10.7. The summed E-state index contributed by atoms with van der Waals surface area (Å²) in [5.41, 5.74) is 0.757. The Morgan fingerprint density at radius 1 is 1.17 bits per heavy atom. The number of nitrogens with zero attached hydrogens (tertiary/aromatic N) is 3. The van der Waals surface area contributed by atoms with Gasteiger partial charge in [-0.2, -0.15) is 5.10 Å². The number of hydrogen-bond donors (Lipinski definition) is 0. The zero-order valence-electron chi connectivity index (χ0n) is 12.7. The van der Waals surface area contributed by atoms with Gasteiger partial charge in [0.15, 0.2) is 5.69 Å². The predicted molar refractivity (Wildman–Crippen MR) is 91.2 cm³/mol. The maximum atomic E-state index is 12.7. The van der Waals surface area contributed by atoms with Gasteiger partial charge in [-0.25, -0.2) is 0 Å². The van der Waals surface area contributed by atoms with Gasteiger partial charge in [0.1, 0.15) is 0 Å². The first-order valence-electron chi connectivity index (χ1n) is 6.98. The number of aromatic nitrogens is 2. The summed E-state index contributed by atoms with van der Waals surface area (Å²) in [4.78, 5) is 26.7. The van der Waals surface area contributed by atoms with E-state index in [1.807, 2.05) is 18.2 Å². The number of anilines is 1. The number of fused-ring (bicyclic) bond motifs is 1. The van der Waals surface area contributed by atoms with E-state index in [1.165, 1.54) is 9.58 Å². The Balaban J connectivity index is 2.15. The number of para-hydroxylation sites is 1. The van der Waals surface area contributed by atoms with Crippen LogP contribution in [0.2, 0.25) is 5.02 Å². The third kappa shape index (κ3) is 2.71. The van der Waals surface area contributed by atoms with Crippen LogP contribution in [-0.4, -0.2) is 22.7 Å². The molecule has 0 bridgehead atoms. The van der Waals surface area contributed by atoms with Crippen LogP contribution in [-0.2, 0) is 7.05 Å². The van der Waals surface area contributed by atoms with E-state index in [1.54, 1.807) is 44.4 Å². The van der Waals surface area contributed by atoms with Crippen molar-refractivity contribution in [1.29, 1.82) is 0 Å². The molecule has 0 aliphatic heterocycles. The lowest BCUT2D eigenvalue weighted by atomic mass is 10.2. The monoisotopic (exact) mass is 327 g/mol. The Morgan fingerprint density at radius 2 is 1.87 bits per heavy atom. The summed E-state index contributed by atoms with van der Waals surface area (Å²) >= 11 is 5.97. The van der Waals surface area contributed by atoms with Crippen LogP contribution in [0.25, 0.3) is 10.9 Å². The highest BCUT2D eigenvalue weighted by atomic mass is 35.5. The summed E-state index contributed by atoms with van der Waals surface area (Å²) in [5, 5.41) is 4.96. The van der Waals surface area contributed by atoms with Gasteiger partial charge in [0, 0.05) is 24.8 Å². The minimum absolute atomic E-state index is 0.131. The fourth-order valence-electron chi connectivity index (χ4n) is 2.42. The lowest BCUT2D eigenvalue weighted by Crippen LogP contribution is -2.33. The second kappa shape index (κ2) is 5.85. The van der Waals surface area contributed by atoms with E-state index in [4.69, 9.17) is 11.6 Å². The summed E-state index contributed by atoms with van der Waals surface area (Å²) in [7, 11) is 3.30. The van der Waals surface area contributed by atoms with Gasteiger partial charge in [0.05, 0.1) is 10.9 Å². The van der Waals surface area contributed by atoms with Crippen molar-refractivity contribution in [3.05, 3.63) is 69.5 Å². The van der Waals surface area contributed by atoms with E-state index in [9.17, 15) is 9.59 Å². The van der Waals surface area contributed by atoms with Crippen LogP contribution in [0.5, 0.6) is 0 Å². The number of aryl methyl sites for hydroxylation is 1. The maximum Gasteiger partial charge on any atom is 0.282 e. The van der Waals surface area contributed by atoms with Gasteiger partial charge in [-0.1, -0.05) is 29.8 Å². The topological polar surface area (TPSA) is 55.2 Å². The molecule has 0 saturated heterocycles. The van der Waals surface area contributed by atoms with Gasteiger partial charge in [0.25, 0.3) is 5.91 Å². The summed E-state index contributed by atoms with van der Waals surface area (Å²) in [6.45, 7) is 0. The lowest BCUT2D eigenvalue weighted by Gasteiger charge is -2.17. The SMILES string of the molecule is CN(C(=O)c1nn(C)c2ccc(Cl)cc2c1=O)c1ccccc1. The standard InChI is InChI=1S/C17H14ClN3O2/c1-20(12-6-4-3-5-7-12)17(23)15-16(22)13-10-11(18)8-9-14(13)21(2)19-15/h3-10H,1-2H3. The average Bonchev–Trinajstić information content (AvgIpc) is 2.57. The van der Waals surface area contributed by atoms with E-state index < -0.39 is 11.3 Å². The van der Waals surface area contributed by atoms with Crippen LogP contribution in [0.15, 0.2) is 53.3 Å². The molecule has 1 aromatic heterocycles. The van der Waals surface area contributed by atoms with Crippen LogP contribution >= 0.6 is 11.6 Å². The Kier molecular flexibility index (Phi) is 3.88. The molecular weight excluding hydrogens is 314 g/mol. The van der Waals surface area contributed by atoms with Crippen molar-refractivity contribution in [2.75, 3.05) is 11.9 Å². The van der Waals surface area contributed by atoms with Gasteiger partial charge in [-0.15, -0.1) is 0 Å². The number of benzene rings is 2. The molecule has 116 valence electrons. The highest BCUT2D eigenvalue weighted by Gasteiger charge is 2.21. The number of hydrogen-bond acceptors (Lipinski definition) is 3. The third-order valence-electron chi connectivity index (χ3n) is 3.67. The summed E-state index contributed by atoms with van der Waals surface area (Å²) in [6, 6.07) is 14.0. The summed E-state index contributed by atoms with van der Waals surface area (Å²) in [6.07, 6.45) is 0. The highest BCUT2D eigenvalue weighted by molar-refractivity contribution is 6.31. The van der Waals surface area contributed by atoms with E-state index in [2.05, 4.69) is 5.10 Å². The molecule has 0 spiro atoms. The number of halogens is 1. The molecule has 0 unspecified atom stereocenters. The average molecular weight is 328 g/mol. The highest BCUT2D eigenvalue weighted by Crippen LogP contribution is 2.17. The van der Waals surface area contributed by atoms with E-state index >= 15 is 0 Å². The van der Waals surface area contributed by atoms with Crippen molar-refractivity contribution < 1.29 is 4.79 Å². The molecule has 0 saturated carbocycles. The minimum atomic E-state index is -0.460. The summed E-state index contributed by atoms with van der Waals surface area (Å²) in [5.74, 6) is -0.460. The predicted octanol–water partition coefficient (Wildman–Crippen LogP) is 2.86. The lowest BCUT2D eigenvalue weighted by molar-refractivity contribution is 0.0985. The minimum Gasteiger partial charge on any atom is -0.310 e. The molecule has 1 amide bonds. The van der Waals surface area contributed by atoms with Crippen molar-refractivity contribution in [3.63, 3.8) is 0 Å². The molecule has 3 aromatic rings. The second-order valence-electron chi connectivity index (χ2n) is 5.16. The van der Waals surface area contributed by atoms with Gasteiger partial charge in [0.2, 0.25) is 5.43 Å². The number of carbonyl (C=O) groups is 1. The summed E-state index contributed by atoms with van der Waals surface area (Å²) < 4.78 is 1.51. The molecule has 23 heavy (non-hydrogen) atoms. The smallest absolute Gasteiger partial charge is 0.282 e. The second-order valence-corrected chi connectivity index (χ2v) is 5.60. The first-order valence-corrected chi connectivity index (χ1v) is 7.36. The van der Waals surface area contributed by atoms with Crippen molar-refractivity contribution >= 4 is 34.1 Å². The van der Waals surface area contributed by atoms with Crippen LogP contribution in [0.4, 0.5) is 5.69 Å². The first kappa shape index (κ1) is 15.2. The molecule has 0 aliphatic carbocycles. The number of amides is 1. The third-order valence-corrected chi connectivity index (χ3v) is 3.90. The number of rotatable bonds is 2. The van der Waals surface area contributed by atoms with Crippen molar-refractivity contribution in [2.24, 2.45) is 7.05 Å². The van der Waals surface area contributed by atoms with Gasteiger partial charge < -0.3 is 4.90 Å². The zero-order valence-corrected chi connectivity index (χ0v) is 13.4. The Bertz CT molecular complexity index is 951.